The summed E-state index contributed by atoms with van der Waals surface area (Å²) in [6.07, 6.45) is 3.51. The average molecular weight is 356 g/mol. The van der Waals surface area contributed by atoms with Crippen LogP contribution in [0.25, 0.3) is 0 Å². The number of methoxy groups -OCH3 is 1. The molecule has 7 heteroatoms. The number of hydrogen-bond donors (Lipinski definition) is 2. The van der Waals surface area contributed by atoms with Gasteiger partial charge >= 0.3 is 0 Å². The van der Waals surface area contributed by atoms with Crippen molar-refractivity contribution in [2.45, 2.75) is 32.2 Å². The number of nitrogens with zero attached hydrogens (tertiary/aromatic N) is 2. The minimum Gasteiger partial charge on any atom is -0.497 e. The summed E-state index contributed by atoms with van der Waals surface area (Å²) in [5.41, 5.74) is 1.17. The lowest BCUT2D eigenvalue weighted by atomic mass is 10.0. The summed E-state index contributed by atoms with van der Waals surface area (Å²) in [6, 6.07) is 7.94. The molecule has 26 heavy (non-hydrogen) atoms. The van der Waals surface area contributed by atoms with Crippen LogP contribution in [-0.4, -0.2) is 47.0 Å². The van der Waals surface area contributed by atoms with Crippen LogP contribution < -0.4 is 15.6 Å². The number of nitrogens with one attached hydrogen (secondary N) is 2. The summed E-state index contributed by atoms with van der Waals surface area (Å²) < 4.78 is 5.17. The monoisotopic (exact) mass is 356 g/mol. The van der Waals surface area contributed by atoms with Gasteiger partial charge in [0.25, 0.3) is 5.56 Å². The zero-order chi connectivity index (χ0) is 18.5. The highest BCUT2D eigenvalue weighted by Gasteiger charge is 2.24. The van der Waals surface area contributed by atoms with Crippen molar-refractivity contribution in [3.8, 4) is 5.75 Å². The van der Waals surface area contributed by atoms with E-state index in [9.17, 15) is 9.59 Å². The lowest BCUT2D eigenvalue weighted by Crippen LogP contribution is -2.46. The van der Waals surface area contributed by atoms with Crippen molar-refractivity contribution in [2.24, 2.45) is 0 Å². The fraction of sp³-hybridized carbons (Fsp3) is 0.421. The van der Waals surface area contributed by atoms with Crippen LogP contribution in [0, 0.1) is 6.92 Å². The van der Waals surface area contributed by atoms with Gasteiger partial charge in [0.1, 0.15) is 11.6 Å². The third-order valence-electron chi connectivity index (χ3n) is 4.58. The Morgan fingerprint density at radius 2 is 2.15 bits per heavy atom. The first-order valence-corrected chi connectivity index (χ1v) is 8.78. The van der Waals surface area contributed by atoms with E-state index in [0.29, 0.717) is 17.9 Å². The van der Waals surface area contributed by atoms with E-state index in [1.807, 2.05) is 29.2 Å². The standard InChI is InChI=1S/C19H24N4O3/c1-13-20-11-14(19(25)21-13)10-18(24)23-9-3-4-16(12-23)22-15-5-7-17(26-2)8-6-15/h5-8,11,16,22H,3-4,9-10,12H2,1-2H3,(H,20,21,25). The van der Waals surface area contributed by atoms with Crippen LogP contribution in [0.2, 0.25) is 0 Å². The molecule has 1 amide bonds. The minimum atomic E-state index is -0.240. The van der Waals surface area contributed by atoms with Crippen LogP contribution in [0.3, 0.4) is 0 Å². The fourth-order valence-corrected chi connectivity index (χ4v) is 3.16. The van der Waals surface area contributed by atoms with Crippen molar-refractivity contribution in [3.05, 3.63) is 52.2 Å². The summed E-state index contributed by atoms with van der Waals surface area (Å²) in [5, 5.41) is 3.47. The van der Waals surface area contributed by atoms with Crippen LogP contribution in [-0.2, 0) is 11.2 Å². The molecule has 1 atom stereocenters. The molecule has 1 aromatic heterocycles. The molecule has 1 aliphatic heterocycles. The molecule has 0 bridgehead atoms. The van der Waals surface area contributed by atoms with E-state index in [2.05, 4.69) is 15.3 Å². The molecule has 0 saturated carbocycles. The van der Waals surface area contributed by atoms with Crippen LogP contribution >= 0.6 is 0 Å². The Bertz CT molecular complexity index is 816. The second kappa shape index (κ2) is 8.03. The Hall–Kier alpha value is -2.83. The summed E-state index contributed by atoms with van der Waals surface area (Å²) in [6.45, 7) is 3.06. The lowest BCUT2D eigenvalue weighted by molar-refractivity contribution is -0.131. The molecule has 3 rings (SSSR count). The number of carbonyl (C=O) groups excluding carboxylic acids is 1. The number of amides is 1. The molecule has 0 aliphatic carbocycles. The van der Waals surface area contributed by atoms with E-state index in [0.717, 1.165) is 30.8 Å². The molecule has 1 aliphatic rings. The summed E-state index contributed by atoms with van der Waals surface area (Å²) >= 11 is 0. The third-order valence-corrected chi connectivity index (χ3v) is 4.58. The molecule has 138 valence electrons. The Balaban J connectivity index is 1.60. The van der Waals surface area contributed by atoms with E-state index < -0.39 is 0 Å². The molecule has 1 unspecified atom stereocenters. The number of aromatic nitrogens is 2. The van der Waals surface area contributed by atoms with Gasteiger partial charge in [0.05, 0.1) is 13.5 Å². The number of aromatic amines is 1. The van der Waals surface area contributed by atoms with Crippen molar-refractivity contribution >= 4 is 11.6 Å². The smallest absolute Gasteiger partial charge is 0.254 e. The van der Waals surface area contributed by atoms with Gasteiger partial charge in [-0.2, -0.15) is 0 Å². The summed E-state index contributed by atoms with van der Waals surface area (Å²) in [4.78, 5) is 33.0. The lowest BCUT2D eigenvalue weighted by Gasteiger charge is -2.33. The molecule has 7 nitrogen and oxygen atoms in total. The number of ether oxygens (including phenoxy) is 1. The Labute approximate surface area is 152 Å². The minimum absolute atomic E-state index is 0.0395. The highest BCUT2D eigenvalue weighted by Crippen LogP contribution is 2.19. The predicted octanol–water partition coefficient (Wildman–Crippen LogP) is 1.73. The van der Waals surface area contributed by atoms with Gasteiger partial charge in [0, 0.05) is 36.6 Å². The van der Waals surface area contributed by atoms with Crippen molar-refractivity contribution < 1.29 is 9.53 Å². The predicted molar refractivity (Wildman–Crippen MR) is 99.5 cm³/mol. The Morgan fingerprint density at radius 3 is 2.85 bits per heavy atom. The number of piperidine rings is 1. The number of H-pyrrole nitrogens is 1. The first-order chi connectivity index (χ1) is 12.5. The maximum Gasteiger partial charge on any atom is 0.254 e. The zero-order valence-electron chi connectivity index (χ0n) is 15.1. The van der Waals surface area contributed by atoms with Crippen LogP contribution in [0.5, 0.6) is 5.75 Å². The first-order valence-electron chi connectivity index (χ1n) is 8.78. The molecular weight excluding hydrogens is 332 g/mol. The molecule has 2 aromatic rings. The van der Waals surface area contributed by atoms with Crippen LogP contribution in [0.4, 0.5) is 5.69 Å². The molecule has 0 radical (unpaired) electrons. The van der Waals surface area contributed by atoms with Gasteiger partial charge in [-0.3, -0.25) is 9.59 Å². The molecule has 0 spiro atoms. The molecule has 1 saturated heterocycles. The Kier molecular flexibility index (Phi) is 5.55. The third kappa shape index (κ3) is 4.41. The second-order valence-corrected chi connectivity index (χ2v) is 6.55. The number of rotatable bonds is 5. The SMILES string of the molecule is COc1ccc(NC2CCCN(C(=O)Cc3cnc(C)[nH]c3=O)C2)cc1. The first kappa shape index (κ1) is 18.0. The van der Waals surface area contributed by atoms with Crippen molar-refractivity contribution in [1.82, 2.24) is 14.9 Å². The van der Waals surface area contributed by atoms with Gasteiger partial charge in [-0.25, -0.2) is 4.98 Å². The summed E-state index contributed by atoms with van der Waals surface area (Å²) in [5.74, 6) is 1.32. The van der Waals surface area contributed by atoms with Crippen LogP contribution in [0.1, 0.15) is 24.2 Å². The van der Waals surface area contributed by atoms with Crippen LogP contribution in [0.15, 0.2) is 35.3 Å². The van der Waals surface area contributed by atoms with Gasteiger partial charge in [0.15, 0.2) is 0 Å². The highest BCUT2D eigenvalue weighted by molar-refractivity contribution is 5.78. The molecule has 2 heterocycles. The van der Waals surface area contributed by atoms with Crippen molar-refractivity contribution in [2.75, 3.05) is 25.5 Å². The molecule has 2 N–H and O–H groups in total. The number of aryl methyl sites for hydroxylation is 1. The van der Waals surface area contributed by atoms with E-state index in [1.54, 1.807) is 14.0 Å². The topological polar surface area (TPSA) is 87.3 Å². The molecule has 1 fully saturated rings. The number of likely N-dealkylation sites (tertiary alicyclic amines) is 1. The maximum absolute atomic E-state index is 12.6. The zero-order valence-corrected chi connectivity index (χ0v) is 15.1. The highest BCUT2D eigenvalue weighted by atomic mass is 16.5. The maximum atomic E-state index is 12.6. The van der Waals surface area contributed by atoms with E-state index >= 15 is 0 Å². The number of carbonyl (C=O) groups is 1. The van der Waals surface area contributed by atoms with Crippen molar-refractivity contribution in [1.29, 1.82) is 0 Å². The Morgan fingerprint density at radius 1 is 1.38 bits per heavy atom. The van der Waals surface area contributed by atoms with Gasteiger partial charge in [0.2, 0.25) is 5.91 Å². The van der Waals surface area contributed by atoms with Crippen molar-refractivity contribution in [3.63, 3.8) is 0 Å². The summed E-state index contributed by atoms with van der Waals surface area (Å²) in [7, 11) is 1.64. The van der Waals surface area contributed by atoms with Gasteiger partial charge in [-0.1, -0.05) is 0 Å². The molecule has 1 aromatic carbocycles. The van der Waals surface area contributed by atoms with Gasteiger partial charge in [-0.15, -0.1) is 0 Å². The normalized spacial score (nSPS) is 17.0. The second-order valence-electron chi connectivity index (χ2n) is 6.55. The number of anilines is 1. The van der Waals surface area contributed by atoms with E-state index in [1.165, 1.54) is 6.20 Å². The number of benzene rings is 1. The van der Waals surface area contributed by atoms with E-state index in [-0.39, 0.29) is 23.9 Å². The fourth-order valence-electron chi connectivity index (χ4n) is 3.16. The largest absolute Gasteiger partial charge is 0.497 e. The van der Waals surface area contributed by atoms with E-state index in [4.69, 9.17) is 4.74 Å². The van der Waals surface area contributed by atoms with Gasteiger partial charge < -0.3 is 19.9 Å². The molecular formula is C19H24N4O3. The quantitative estimate of drug-likeness (QED) is 0.852. The number of hydrogen-bond acceptors (Lipinski definition) is 5. The van der Waals surface area contributed by atoms with Gasteiger partial charge in [-0.05, 0) is 44.0 Å². The average Bonchev–Trinajstić information content (AvgIpc) is 2.65.